The van der Waals surface area contributed by atoms with E-state index in [2.05, 4.69) is 0 Å². The van der Waals surface area contributed by atoms with Crippen LogP contribution in [0, 0.1) is 30.6 Å². The summed E-state index contributed by atoms with van der Waals surface area (Å²) in [6, 6.07) is 21.1. The molecule has 43 heavy (non-hydrogen) atoms. The number of ether oxygens (including phenoxy) is 2. The highest BCUT2D eigenvalue weighted by atomic mass is 16.5. The lowest BCUT2D eigenvalue weighted by Gasteiger charge is -2.19. The van der Waals surface area contributed by atoms with Crippen LogP contribution in [0.1, 0.15) is 45.5 Å². The van der Waals surface area contributed by atoms with E-state index in [1.165, 1.54) is 12.0 Å². The van der Waals surface area contributed by atoms with Gasteiger partial charge in [0.25, 0.3) is 0 Å². The molecule has 4 atom stereocenters. The molecular formula is C35H30N2O6. The van der Waals surface area contributed by atoms with Crippen LogP contribution in [-0.4, -0.2) is 42.3 Å². The highest BCUT2D eigenvalue weighted by Gasteiger charge is 2.61. The highest BCUT2D eigenvalue weighted by molar-refractivity contribution is 6.22. The Labute approximate surface area is 248 Å². The topological polar surface area (TPSA) is 103 Å². The van der Waals surface area contributed by atoms with Gasteiger partial charge in [0.05, 0.1) is 41.4 Å². The molecule has 2 amide bonds. The van der Waals surface area contributed by atoms with E-state index < -0.39 is 12.6 Å². The second-order valence-electron chi connectivity index (χ2n) is 11.8. The third kappa shape index (κ3) is 4.58. The molecule has 216 valence electrons. The van der Waals surface area contributed by atoms with Crippen molar-refractivity contribution in [2.75, 3.05) is 18.6 Å². The predicted molar refractivity (Wildman–Crippen MR) is 160 cm³/mol. The fourth-order valence-corrected chi connectivity index (χ4v) is 7.19. The van der Waals surface area contributed by atoms with Crippen molar-refractivity contribution < 1.29 is 28.7 Å². The molecule has 0 spiro atoms. The molecular weight excluding hydrogens is 544 g/mol. The van der Waals surface area contributed by atoms with Gasteiger partial charge in [-0.3, -0.25) is 19.3 Å². The summed E-state index contributed by atoms with van der Waals surface area (Å²) >= 11 is 0. The number of carbonyl (C=O) groups excluding carboxylic acids is 4. The number of Topliss-reactive ketones (excluding diaryl/α,β-unsaturated/α-hetero) is 1. The summed E-state index contributed by atoms with van der Waals surface area (Å²) in [6.45, 7) is 1.50. The van der Waals surface area contributed by atoms with E-state index in [9.17, 15) is 19.2 Å². The van der Waals surface area contributed by atoms with Crippen molar-refractivity contribution >= 4 is 40.2 Å². The predicted octanol–water partition coefficient (Wildman–Crippen LogP) is 5.79. The Kier molecular flexibility index (Phi) is 6.57. The van der Waals surface area contributed by atoms with Crippen LogP contribution in [-0.2, 0) is 14.3 Å². The van der Waals surface area contributed by atoms with Crippen molar-refractivity contribution in [3.8, 4) is 17.0 Å². The van der Waals surface area contributed by atoms with Crippen molar-refractivity contribution in [2.24, 2.45) is 23.7 Å². The lowest BCUT2D eigenvalue weighted by Crippen LogP contribution is -2.32. The van der Waals surface area contributed by atoms with Crippen molar-refractivity contribution in [1.29, 1.82) is 0 Å². The third-order valence-corrected chi connectivity index (χ3v) is 9.26. The Bertz CT molecular complexity index is 1790. The Balaban J connectivity index is 1.16. The smallest absolute Gasteiger partial charge is 0.339 e. The molecule has 2 heterocycles. The zero-order chi connectivity index (χ0) is 29.8. The molecule has 3 aliphatic rings. The molecule has 0 radical (unpaired) electrons. The quantitative estimate of drug-likeness (QED) is 0.156. The van der Waals surface area contributed by atoms with Crippen molar-refractivity contribution in [1.82, 2.24) is 4.98 Å². The Morgan fingerprint density at radius 1 is 0.907 bits per heavy atom. The number of hydrogen-bond acceptors (Lipinski definition) is 7. The zero-order valence-electron chi connectivity index (χ0n) is 23.9. The van der Waals surface area contributed by atoms with Gasteiger partial charge in [-0.1, -0.05) is 35.9 Å². The number of aromatic nitrogens is 1. The van der Waals surface area contributed by atoms with Gasteiger partial charge in [0.1, 0.15) is 5.75 Å². The van der Waals surface area contributed by atoms with Gasteiger partial charge in [-0.15, -0.1) is 0 Å². The fourth-order valence-electron chi connectivity index (χ4n) is 7.19. The minimum Gasteiger partial charge on any atom is -0.497 e. The molecule has 1 aliphatic heterocycles. The molecule has 3 fully saturated rings. The average molecular weight is 575 g/mol. The van der Waals surface area contributed by atoms with E-state index in [0.717, 1.165) is 24.8 Å². The number of fused-ring (bicyclic) bond motifs is 6. The highest BCUT2D eigenvalue weighted by Crippen LogP contribution is 2.56. The number of nitrogens with zero attached hydrogens (tertiary/aromatic N) is 2. The lowest BCUT2D eigenvalue weighted by atomic mass is 9.81. The molecule has 2 saturated carbocycles. The first-order valence-corrected chi connectivity index (χ1v) is 14.6. The third-order valence-electron chi connectivity index (χ3n) is 9.26. The summed E-state index contributed by atoms with van der Waals surface area (Å²) in [5, 5.41) is 0.619. The van der Waals surface area contributed by atoms with Crippen LogP contribution in [0.25, 0.3) is 22.2 Å². The van der Waals surface area contributed by atoms with Crippen LogP contribution in [0.5, 0.6) is 5.75 Å². The number of anilines is 1. The monoisotopic (exact) mass is 574 g/mol. The summed E-state index contributed by atoms with van der Waals surface area (Å²) in [6.07, 6.45) is 3.06. The van der Waals surface area contributed by atoms with Crippen LogP contribution >= 0.6 is 0 Å². The molecule has 1 saturated heterocycles. The summed E-state index contributed by atoms with van der Waals surface area (Å²) in [5.74, 6) is -0.318. The van der Waals surface area contributed by atoms with Crippen LogP contribution in [0.3, 0.4) is 0 Å². The number of rotatable bonds is 7. The van der Waals surface area contributed by atoms with Gasteiger partial charge in [0, 0.05) is 16.5 Å². The maximum atomic E-state index is 13.4. The van der Waals surface area contributed by atoms with Crippen LogP contribution < -0.4 is 9.64 Å². The van der Waals surface area contributed by atoms with E-state index in [0.29, 0.717) is 56.6 Å². The van der Waals surface area contributed by atoms with E-state index >= 15 is 0 Å². The van der Waals surface area contributed by atoms with Gasteiger partial charge in [-0.25, -0.2) is 9.78 Å². The molecule has 4 aromatic rings. The molecule has 7 rings (SSSR count). The second kappa shape index (κ2) is 10.5. The summed E-state index contributed by atoms with van der Waals surface area (Å²) in [4.78, 5) is 58.8. The van der Waals surface area contributed by atoms with E-state index in [1.54, 1.807) is 42.5 Å². The van der Waals surface area contributed by atoms with E-state index in [1.807, 2.05) is 37.3 Å². The number of aryl methyl sites for hydroxylation is 1. The Hall–Kier alpha value is -4.85. The van der Waals surface area contributed by atoms with Gasteiger partial charge in [0.15, 0.2) is 12.4 Å². The van der Waals surface area contributed by atoms with Gasteiger partial charge >= 0.3 is 5.97 Å². The number of esters is 1. The number of amides is 2. The molecule has 2 aliphatic carbocycles. The summed E-state index contributed by atoms with van der Waals surface area (Å²) in [5.41, 5.74) is 4.03. The normalized spacial score (nSPS) is 22.2. The molecule has 0 N–H and O–H groups in total. The number of benzene rings is 3. The van der Waals surface area contributed by atoms with Gasteiger partial charge in [-0.2, -0.15) is 0 Å². The van der Waals surface area contributed by atoms with Crippen LogP contribution in [0.2, 0.25) is 0 Å². The Morgan fingerprint density at radius 3 is 2.33 bits per heavy atom. The van der Waals surface area contributed by atoms with Crippen molar-refractivity contribution in [3.05, 3.63) is 89.5 Å². The minimum atomic E-state index is -0.637. The van der Waals surface area contributed by atoms with E-state index in [4.69, 9.17) is 14.5 Å². The first-order chi connectivity index (χ1) is 20.8. The molecule has 8 heteroatoms. The number of methoxy groups -OCH3 is 1. The molecule has 1 aromatic heterocycles. The first kappa shape index (κ1) is 27.0. The number of hydrogen-bond donors (Lipinski definition) is 0. The maximum absolute atomic E-state index is 13.4. The average Bonchev–Trinajstić information content (AvgIpc) is 3.72. The second-order valence-corrected chi connectivity index (χ2v) is 11.8. The standard InChI is InChI=1S/C35H30N2O6/c1-19-6-13-28-26(14-19)27(35(41)43-18-30(38)21-4-3-5-25(16-21)42-2)17-29(36-28)20-9-11-24(12-10-20)37-33(39)31-22-7-8-23(15-22)32(31)34(37)40/h3-6,9-14,16-17,22-23,31-32H,7-8,15,18H2,1-2H3. The first-order valence-electron chi connectivity index (χ1n) is 14.6. The molecule has 3 aromatic carbocycles. The Morgan fingerprint density at radius 2 is 1.63 bits per heavy atom. The maximum Gasteiger partial charge on any atom is 0.339 e. The molecule has 4 unspecified atom stereocenters. The number of pyridine rings is 1. The molecule has 2 bridgehead atoms. The number of carbonyl (C=O) groups is 4. The van der Waals surface area contributed by atoms with Gasteiger partial charge < -0.3 is 9.47 Å². The van der Waals surface area contributed by atoms with Gasteiger partial charge in [0.2, 0.25) is 11.8 Å². The van der Waals surface area contributed by atoms with Crippen molar-refractivity contribution in [2.45, 2.75) is 26.2 Å². The SMILES string of the molecule is COc1cccc(C(=O)COC(=O)c2cc(-c3ccc(N4C(=O)C5C6CCC(C6)C5C4=O)cc3)nc3ccc(C)cc23)c1. The minimum absolute atomic E-state index is 0.0809. The summed E-state index contributed by atoms with van der Waals surface area (Å²) in [7, 11) is 1.52. The largest absolute Gasteiger partial charge is 0.497 e. The lowest BCUT2D eigenvalue weighted by molar-refractivity contribution is -0.123. The summed E-state index contributed by atoms with van der Waals surface area (Å²) < 4.78 is 10.7. The zero-order valence-corrected chi connectivity index (χ0v) is 23.9. The van der Waals surface area contributed by atoms with E-state index in [-0.39, 0.29) is 29.4 Å². The van der Waals surface area contributed by atoms with Crippen molar-refractivity contribution in [3.63, 3.8) is 0 Å². The van der Waals surface area contributed by atoms with Gasteiger partial charge in [-0.05, 0) is 80.5 Å². The van der Waals surface area contributed by atoms with Crippen LogP contribution in [0.4, 0.5) is 5.69 Å². The fraction of sp³-hybridized carbons (Fsp3) is 0.286. The van der Waals surface area contributed by atoms with Crippen LogP contribution in [0.15, 0.2) is 72.8 Å². The number of imide groups is 1. The molecule has 8 nitrogen and oxygen atoms in total. The number of ketones is 1.